The second-order valence-corrected chi connectivity index (χ2v) is 4.92. The third-order valence-corrected chi connectivity index (χ3v) is 3.43. The average Bonchev–Trinajstić information content (AvgIpc) is 2.84. The molecule has 7 heteroatoms. The van der Waals surface area contributed by atoms with Crippen molar-refractivity contribution in [2.24, 2.45) is 0 Å². The van der Waals surface area contributed by atoms with Crippen LogP contribution in [0.15, 0.2) is 5.38 Å². The van der Waals surface area contributed by atoms with E-state index >= 15 is 0 Å². The molecule has 0 bridgehead atoms. The third kappa shape index (κ3) is 6.11. The maximum absolute atomic E-state index is 10.8. The number of methoxy groups -OCH3 is 2. The van der Waals surface area contributed by atoms with E-state index in [1.54, 1.807) is 19.6 Å². The van der Waals surface area contributed by atoms with Gasteiger partial charge in [-0.25, -0.2) is 9.78 Å². The van der Waals surface area contributed by atoms with Gasteiger partial charge in [0.05, 0.1) is 12.3 Å². The Morgan fingerprint density at radius 2 is 2.11 bits per heavy atom. The fourth-order valence-electron chi connectivity index (χ4n) is 1.63. The van der Waals surface area contributed by atoms with Gasteiger partial charge in [-0.2, -0.15) is 0 Å². The van der Waals surface area contributed by atoms with Crippen molar-refractivity contribution in [3.05, 3.63) is 16.1 Å². The van der Waals surface area contributed by atoms with E-state index in [4.69, 9.17) is 14.6 Å². The number of rotatable bonds is 10. The standard InChI is InChI=1S/C12H20N2O4S/c1-17-6-3-4-14(5-7-18-2)8-10-9-19-11(13-10)12(15)16/h9H,3-8H2,1-2H3,(H,15,16). The fourth-order valence-corrected chi connectivity index (χ4v) is 2.28. The van der Waals surface area contributed by atoms with Gasteiger partial charge < -0.3 is 14.6 Å². The van der Waals surface area contributed by atoms with Crippen molar-refractivity contribution < 1.29 is 19.4 Å². The van der Waals surface area contributed by atoms with Gasteiger partial charge in [0.25, 0.3) is 0 Å². The highest BCUT2D eigenvalue weighted by molar-refractivity contribution is 7.11. The Kier molecular flexibility index (Phi) is 7.57. The van der Waals surface area contributed by atoms with Crippen molar-refractivity contribution >= 4 is 17.3 Å². The van der Waals surface area contributed by atoms with Crippen LogP contribution in [0.5, 0.6) is 0 Å². The van der Waals surface area contributed by atoms with E-state index in [0.29, 0.717) is 19.8 Å². The van der Waals surface area contributed by atoms with Crippen LogP contribution >= 0.6 is 11.3 Å². The molecule has 0 aliphatic rings. The first-order chi connectivity index (χ1) is 9.17. The molecular formula is C12H20N2O4S. The number of nitrogens with zero attached hydrogens (tertiary/aromatic N) is 2. The number of thiazole rings is 1. The molecule has 0 fully saturated rings. The molecule has 0 aliphatic carbocycles. The molecule has 0 saturated carbocycles. The van der Waals surface area contributed by atoms with Crippen LogP contribution in [-0.2, 0) is 16.0 Å². The summed E-state index contributed by atoms with van der Waals surface area (Å²) in [7, 11) is 3.35. The monoisotopic (exact) mass is 288 g/mol. The minimum atomic E-state index is -0.973. The highest BCUT2D eigenvalue weighted by Crippen LogP contribution is 2.12. The molecule has 19 heavy (non-hydrogen) atoms. The zero-order chi connectivity index (χ0) is 14.1. The molecule has 6 nitrogen and oxygen atoms in total. The van der Waals surface area contributed by atoms with Crippen LogP contribution in [-0.4, -0.2) is 61.5 Å². The first kappa shape index (κ1) is 16.0. The van der Waals surface area contributed by atoms with Crippen LogP contribution in [0.25, 0.3) is 0 Å². The minimum absolute atomic E-state index is 0.138. The zero-order valence-electron chi connectivity index (χ0n) is 11.3. The topological polar surface area (TPSA) is 71.9 Å². The summed E-state index contributed by atoms with van der Waals surface area (Å²) in [6.07, 6.45) is 0.927. The highest BCUT2D eigenvalue weighted by atomic mass is 32.1. The van der Waals surface area contributed by atoms with Gasteiger partial charge >= 0.3 is 5.97 Å². The van der Waals surface area contributed by atoms with Crippen LogP contribution in [0.2, 0.25) is 0 Å². The molecule has 1 rings (SSSR count). The van der Waals surface area contributed by atoms with Gasteiger partial charge in [-0.1, -0.05) is 0 Å². The SMILES string of the molecule is COCCCN(CCOC)Cc1csc(C(=O)O)n1. The van der Waals surface area contributed by atoms with Crippen molar-refractivity contribution in [1.29, 1.82) is 0 Å². The molecule has 0 aliphatic heterocycles. The summed E-state index contributed by atoms with van der Waals surface area (Å²) in [5.41, 5.74) is 0.788. The number of carboxylic acid groups (broad SMARTS) is 1. The van der Waals surface area contributed by atoms with Gasteiger partial charge in [0.2, 0.25) is 5.01 Å². The van der Waals surface area contributed by atoms with Crippen LogP contribution in [0.4, 0.5) is 0 Å². The van der Waals surface area contributed by atoms with Gasteiger partial charge in [0.15, 0.2) is 0 Å². The first-order valence-corrected chi connectivity index (χ1v) is 6.93. The predicted octanol–water partition coefficient (Wildman–Crippen LogP) is 1.33. The summed E-state index contributed by atoms with van der Waals surface area (Å²) in [4.78, 5) is 17.1. The van der Waals surface area contributed by atoms with Crippen molar-refractivity contribution in [1.82, 2.24) is 9.88 Å². The van der Waals surface area contributed by atoms with E-state index in [9.17, 15) is 4.79 Å². The molecule has 1 heterocycles. The molecule has 0 radical (unpaired) electrons. The zero-order valence-corrected chi connectivity index (χ0v) is 12.1. The van der Waals surface area contributed by atoms with Crippen molar-refractivity contribution in [3.63, 3.8) is 0 Å². The number of carboxylic acids is 1. The van der Waals surface area contributed by atoms with E-state index in [1.807, 2.05) is 0 Å². The smallest absolute Gasteiger partial charge is 0.365 e. The molecule has 0 spiro atoms. The molecule has 1 aromatic rings. The maximum Gasteiger partial charge on any atom is 0.365 e. The van der Waals surface area contributed by atoms with Crippen molar-refractivity contribution in [3.8, 4) is 0 Å². The number of carbonyl (C=O) groups is 1. The maximum atomic E-state index is 10.8. The van der Waals surface area contributed by atoms with Gasteiger partial charge in [-0.05, 0) is 6.42 Å². The predicted molar refractivity (Wildman–Crippen MR) is 72.7 cm³/mol. The summed E-state index contributed by atoms with van der Waals surface area (Å²) in [5, 5.41) is 10.8. The number of ether oxygens (including phenoxy) is 2. The number of hydrogen-bond acceptors (Lipinski definition) is 6. The van der Waals surface area contributed by atoms with E-state index in [-0.39, 0.29) is 5.01 Å². The minimum Gasteiger partial charge on any atom is -0.476 e. The molecule has 0 amide bonds. The molecule has 0 unspecified atom stereocenters. The Hall–Kier alpha value is -1.02. The lowest BCUT2D eigenvalue weighted by Gasteiger charge is -2.20. The summed E-state index contributed by atoms with van der Waals surface area (Å²) >= 11 is 1.16. The second kappa shape index (κ2) is 8.98. The Bertz CT molecular complexity index is 384. The lowest BCUT2D eigenvalue weighted by Crippen LogP contribution is -2.29. The Morgan fingerprint density at radius 1 is 1.37 bits per heavy atom. The average molecular weight is 288 g/mol. The molecule has 0 saturated heterocycles. The van der Waals surface area contributed by atoms with Crippen LogP contribution in [0.3, 0.4) is 0 Å². The van der Waals surface area contributed by atoms with Crippen molar-refractivity contribution in [2.45, 2.75) is 13.0 Å². The molecule has 0 atom stereocenters. The summed E-state index contributed by atoms with van der Waals surface area (Å²) in [6, 6.07) is 0. The summed E-state index contributed by atoms with van der Waals surface area (Å²) in [6.45, 7) is 3.65. The first-order valence-electron chi connectivity index (χ1n) is 6.05. The van der Waals surface area contributed by atoms with Crippen LogP contribution in [0, 0.1) is 0 Å². The number of aromatic nitrogens is 1. The summed E-state index contributed by atoms with van der Waals surface area (Å²) in [5.74, 6) is -0.973. The second-order valence-electron chi connectivity index (χ2n) is 4.06. The van der Waals surface area contributed by atoms with Crippen molar-refractivity contribution in [2.75, 3.05) is 40.5 Å². The van der Waals surface area contributed by atoms with Gasteiger partial charge in [-0.3, -0.25) is 4.90 Å². The fraction of sp³-hybridized carbons (Fsp3) is 0.667. The quantitative estimate of drug-likeness (QED) is 0.655. The number of aromatic carboxylic acids is 1. The van der Waals surface area contributed by atoms with Gasteiger partial charge in [0.1, 0.15) is 0 Å². The Labute approximate surface area is 117 Å². The van der Waals surface area contributed by atoms with Crippen LogP contribution in [0.1, 0.15) is 21.9 Å². The van der Waals surface area contributed by atoms with E-state index in [2.05, 4.69) is 9.88 Å². The molecule has 108 valence electrons. The lowest BCUT2D eigenvalue weighted by atomic mass is 10.3. The molecule has 0 aromatic carbocycles. The summed E-state index contributed by atoms with van der Waals surface area (Å²) < 4.78 is 10.1. The number of hydrogen-bond donors (Lipinski definition) is 1. The largest absolute Gasteiger partial charge is 0.476 e. The van der Waals surface area contributed by atoms with E-state index in [0.717, 1.165) is 36.5 Å². The Morgan fingerprint density at radius 3 is 2.68 bits per heavy atom. The third-order valence-electron chi connectivity index (χ3n) is 2.55. The van der Waals surface area contributed by atoms with Crippen LogP contribution < -0.4 is 0 Å². The molecular weight excluding hydrogens is 268 g/mol. The highest BCUT2D eigenvalue weighted by Gasteiger charge is 2.12. The van der Waals surface area contributed by atoms with E-state index in [1.165, 1.54) is 0 Å². The Balaban J connectivity index is 2.51. The molecule has 1 aromatic heterocycles. The van der Waals surface area contributed by atoms with Gasteiger partial charge in [-0.15, -0.1) is 11.3 Å². The molecule has 1 N–H and O–H groups in total. The lowest BCUT2D eigenvalue weighted by molar-refractivity contribution is 0.0696. The van der Waals surface area contributed by atoms with Gasteiger partial charge in [0, 0.05) is 45.8 Å². The van der Waals surface area contributed by atoms with E-state index < -0.39 is 5.97 Å². The normalized spacial score (nSPS) is 11.1.